The molecule has 0 aromatic heterocycles. The van der Waals surface area contributed by atoms with Gasteiger partial charge in [-0.2, -0.15) is 0 Å². The molecule has 3 rings (SSSR count). The van der Waals surface area contributed by atoms with E-state index in [0.717, 1.165) is 34.9 Å². The van der Waals surface area contributed by atoms with E-state index in [4.69, 9.17) is 0 Å². The van der Waals surface area contributed by atoms with Crippen molar-refractivity contribution in [3.8, 4) is 11.5 Å². The molecule has 6 heteroatoms. The Kier molecular flexibility index (Phi) is 2.24. The molecule has 0 saturated carbocycles. The topological polar surface area (TPSA) is 18.5 Å². The van der Waals surface area contributed by atoms with Gasteiger partial charge in [-0.1, -0.05) is 0 Å². The summed E-state index contributed by atoms with van der Waals surface area (Å²) in [5, 5.41) is 0. The van der Waals surface area contributed by atoms with Crippen LogP contribution in [0, 0.1) is 0 Å². The molecule has 1 aliphatic carbocycles. The summed E-state index contributed by atoms with van der Waals surface area (Å²) in [5.41, 5.74) is 1.87. The Morgan fingerprint density at radius 3 is 2.31 bits per heavy atom. The zero-order chi connectivity index (χ0) is 11.5. The third kappa shape index (κ3) is 1.39. The van der Waals surface area contributed by atoms with Crippen LogP contribution in [-0.2, 0) is 12.8 Å². The molecular formula is C10H6Br2F2O2. The first kappa shape index (κ1) is 10.8. The van der Waals surface area contributed by atoms with E-state index in [0.29, 0.717) is 4.47 Å². The maximum atomic E-state index is 13.0. The van der Waals surface area contributed by atoms with Crippen LogP contribution in [0.15, 0.2) is 8.95 Å². The van der Waals surface area contributed by atoms with Crippen LogP contribution in [0.25, 0.3) is 0 Å². The second-order valence-electron chi connectivity index (χ2n) is 3.76. The molecule has 0 fully saturated rings. The lowest BCUT2D eigenvalue weighted by atomic mass is 10.1. The Morgan fingerprint density at radius 2 is 1.56 bits per heavy atom. The Hall–Kier alpha value is -0.360. The highest BCUT2D eigenvalue weighted by molar-refractivity contribution is 9.13. The average molecular weight is 356 g/mol. The monoisotopic (exact) mass is 354 g/mol. The molecule has 16 heavy (non-hydrogen) atoms. The van der Waals surface area contributed by atoms with Crippen LogP contribution in [0.1, 0.15) is 17.5 Å². The molecule has 0 radical (unpaired) electrons. The average Bonchev–Trinajstić information content (AvgIpc) is 2.77. The van der Waals surface area contributed by atoms with Crippen LogP contribution in [0.4, 0.5) is 8.78 Å². The van der Waals surface area contributed by atoms with Crippen LogP contribution < -0.4 is 9.47 Å². The molecule has 0 bridgehead atoms. The summed E-state index contributed by atoms with van der Waals surface area (Å²) in [5.74, 6) is 0.283. The van der Waals surface area contributed by atoms with Crippen molar-refractivity contribution in [3.63, 3.8) is 0 Å². The van der Waals surface area contributed by atoms with Crippen molar-refractivity contribution >= 4 is 31.9 Å². The van der Waals surface area contributed by atoms with Gasteiger partial charge in [0.05, 0.1) is 4.47 Å². The van der Waals surface area contributed by atoms with E-state index in [1.54, 1.807) is 0 Å². The fourth-order valence-electron chi connectivity index (χ4n) is 2.16. The normalized spacial score (nSPS) is 20.0. The lowest BCUT2D eigenvalue weighted by Crippen LogP contribution is -2.26. The van der Waals surface area contributed by atoms with Crippen LogP contribution >= 0.6 is 31.9 Å². The lowest BCUT2D eigenvalue weighted by molar-refractivity contribution is -0.287. The second kappa shape index (κ2) is 3.32. The number of benzene rings is 1. The first-order valence-electron chi connectivity index (χ1n) is 4.78. The van der Waals surface area contributed by atoms with E-state index >= 15 is 0 Å². The number of rotatable bonds is 0. The summed E-state index contributed by atoms with van der Waals surface area (Å²) in [6.07, 6.45) is -0.979. The number of ether oxygens (including phenoxy) is 2. The van der Waals surface area contributed by atoms with E-state index in [9.17, 15) is 8.78 Å². The van der Waals surface area contributed by atoms with Gasteiger partial charge in [0.2, 0.25) is 0 Å². The molecule has 0 N–H and O–H groups in total. The smallest absolute Gasteiger partial charge is 0.395 e. The minimum atomic E-state index is -3.55. The lowest BCUT2D eigenvalue weighted by Gasteiger charge is -2.08. The van der Waals surface area contributed by atoms with Gasteiger partial charge >= 0.3 is 6.29 Å². The van der Waals surface area contributed by atoms with Crippen LogP contribution in [0.3, 0.4) is 0 Å². The SMILES string of the molecule is FC1(F)Oc2c(Br)c(Br)c3c(c2O1)CCC3. The van der Waals surface area contributed by atoms with Crippen molar-refractivity contribution in [3.05, 3.63) is 20.1 Å². The van der Waals surface area contributed by atoms with Crippen LogP contribution in [0.5, 0.6) is 11.5 Å². The fraction of sp³-hybridized carbons (Fsp3) is 0.400. The highest BCUT2D eigenvalue weighted by atomic mass is 79.9. The summed E-state index contributed by atoms with van der Waals surface area (Å²) in [7, 11) is 0. The molecule has 1 aromatic rings. The molecule has 0 atom stereocenters. The third-order valence-electron chi connectivity index (χ3n) is 2.80. The fourth-order valence-corrected chi connectivity index (χ4v) is 3.28. The molecule has 2 aliphatic rings. The molecule has 2 nitrogen and oxygen atoms in total. The van der Waals surface area contributed by atoms with Gasteiger partial charge in [0, 0.05) is 10.0 Å². The predicted octanol–water partition coefficient (Wildman–Crippen LogP) is 4.02. The zero-order valence-corrected chi connectivity index (χ0v) is 11.1. The van der Waals surface area contributed by atoms with Crippen molar-refractivity contribution in [1.29, 1.82) is 0 Å². The van der Waals surface area contributed by atoms with E-state index in [1.165, 1.54) is 0 Å². The number of hydrogen-bond donors (Lipinski definition) is 0. The third-order valence-corrected chi connectivity index (χ3v) is 4.96. The Morgan fingerprint density at radius 1 is 0.938 bits per heavy atom. The van der Waals surface area contributed by atoms with Gasteiger partial charge in [0.15, 0.2) is 11.5 Å². The number of alkyl halides is 2. The molecule has 0 amide bonds. The van der Waals surface area contributed by atoms with Gasteiger partial charge in [0.25, 0.3) is 0 Å². The summed E-state index contributed by atoms with van der Waals surface area (Å²) in [6.45, 7) is 0. The number of halogens is 4. The molecule has 86 valence electrons. The Labute approximate surface area is 107 Å². The van der Waals surface area contributed by atoms with Gasteiger partial charge in [-0.3, -0.25) is 0 Å². The van der Waals surface area contributed by atoms with E-state index in [2.05, 4.69) is 41.3 Å². The van der Waals surface area contributed by atoms with E-state index in [-0.39, 0.29) is 11.5 Å². The largest absolute Gasteiger partial charge is 0.586 e. The first-order valence-corrected chi connectivity index (χ1v) is 6.37. The summed E-state index contributed by atoms with van der Waals surface area (Å²) < 4.78 is 36.4. The minimum Gasteiger partial charge on any atom is -0.395 e. The van der Waals surface area contributed by atoms with Gasteiger partial charge in [-0.05, 0) is 56.7 Å². The first-order chi connectivity index (χ1) is 7.49. The predicted molar refractivity (Wildman–Crippen MR) is 60.1 cm³/mol. The van der Waals surface area contributed by atoms with Crippen molar-refractivity contribution in [2.45, 2.75) is 25.6 Å². The Bertz CT molecular complexity index is 488. The summed E-state index contributed by atoms with van der Waals surface area (Å²) >= 11 is 6.65. The zero-order valence-electron chi connectivity index (χ0n) is 7.95. The summed E-state index contributed by atoms with van der Waals surface area (Å²) in [4.78, 5) is 0. The van der Waals surface area contributed by atoms with Gasteiger partial charge < -0.3 is 9.47 Å². The molecule has 0 unspecified atom stereocenters. The van der Waals surface area contributed by atoms with E-state index in [1.807, 2.05) is 0 Å². The summed E-state index contributed by atoms with van der Waals surface area (Å²) in [6, 6.07) is 0. The molecule has 1 aromatic carbocycles. The minimum absolute atomic E-state index is 0.0949. The molecule has 1 heterocycles. The van der Waals surface area contributed by atoms with Gasteiger partial charge in [-0.15, -0.1) is 8.78 Å². The van der Waals surface area contributed by atoms with Crippen molar-refractivity contribution < 1.29 is 18.3 Å². The number of fused-ring (bicyclic) bond motifs is 3. The van der Waals surface area contributed by atoms with Crippen LogP contribution in [0.2, 0.25) is 0 Å². The second-order valence-corrected chi connectivity index (χ2v) is 5.35. The van der Waals surface area contributed by atoms with Crippen molar-refractivity contribution in [1.82, 2.24) is 0 Å². The maximum absolute atomic E-state index is 13.0. The molecule has 0 spiro atoms. The maximum Gasteiger partial charge on any atom is 0.586 e. The Balaban J connectivity index is 2.26. The number of hydrogen-bond acceptors (Lipinski definition) is 2. The quantitative estimate of drug-likeness (QED) is 0.699. The van der Waals surface area contributed by atoms with Crippen molar-refractivity contribution in [2.75, 3.05) is 0 Å². The van der Waals surface area contributed by atoms with Gasteiger partial charge in [0.1, 0.15) is 0 Å². The molecular weight excluding hydrogens is 350 g/mol. The molecule has 0 saturated heterocycles. The van der Waals surface area contributed by atoms with Crippen molar-refractivity contribution in [2.24, 2.45) is 0 Å². The van der Waals surface area contributed by atoms with Gasteiger partial charge in [-0.25, -0.2) is 0 Å². The highest BCUT2D eigenvalue weighted by Crippen LogP contribution is 2.54. The highest BCUT2D eigenvalue weighted by Gasteiger charge is 2.47. The molecule has 1 aliphatic heterocycles. The van der Waals surface area contributed by atoms with Crippen LogP contribution in [-0.4, -0.2) is 6.29 Å². The standard InChI is InChI=1S/C10H6Br2F2O2/c11-6-4-2-1-3-5(4)8-9(7(6)12)16-10(13,14)15-8/h1-3H2. The van der Waals surface area contributed by atoms with E-state index < -0.39 is 6.29 Å².